The lowest BCUT2D eigenvalue weighted by molar-refractivity contribution is 0.0123. The number of alkyl halides is 2. The molecule has 0 unspecified atom stereocenters. The molecule has 1 aromatic rings. The van der Waals surface area contributed by atoms with Crippen LogP contribution in [0.2, 0.25) is 0 Å². The quantitative estimate of drug-likeness (QED) is 0.854. The Hall–Kier alpha value is -1.51. The van der Waals surface area contributed by atoms with Gasteiger partial charge in [-0.05, 0) is 20.8 Å². The van der Waals surface area contributed by atoms with Crippen LogP contribution in [-0.2, 0) is 27.5 Å². The van der Waals surface area contributed by atoms with Gasteiger partial charge in [0.2, 0.25) is 0 Å². The molecule has 0 amide bonds. The minimum atomic E-state index is -3.81. The lowest BCUT2D eigenvalue weighted by atomic mass is 10.1. The van der Waals surface area contributed by atoms with Crippen molar-refractivity contribution < 1.29 is 22.0 Å². The molecule has 118 valence electrons. The largest absolute Gasteiger partial charge is 0.389 e. The summed E-state index contributed by atoms with van der Waals surface area (Å²) >= 11 is 0. The normalized spacial score (nSPS) is 18.0. The summed E-state index contributed by atoms with van der Waals surface area (Å²) in [5.41, 5.74) is -0.775. The summed E-state index contributed by atoms with van der Waals surface area (Å²) in [7, 11) is -2.45. The molecule has 0 bridgehead atoms. The van der Waals surface area contributed by atoms with Crippen LogP contribution in [0.25, 0.3) is 0 Å². The third kappa shape index (κ3) is 3.07. The van der Waals surface area contributed by atoms with Gasteiger partial charge < -0.3 is 4.84 Å². The van der Waals surface area contributed by atoms with Crippen LogP contribution in [0, 0.1) is 6.92 Å². The number of halogens is 2. The Bertz CT molecular complexity index is 693. The van der Waals surface area contributed by atoms with Gasteiger partial charge in [-0.15, -0.1) is 0 Å². The highest BCUT2D eigenvalue weighted by Crippen LogP contribution is 2.30. The van der Waals surface area contributed by atoms with Crippen LogP contribution in [-0.4, -0.2) is 28.8 Å². The van der Waals surface area contributed by atoms with Crippen LogP contribution in [0.1, 0.15) is 43.6 Å². The molecule has 0 N–H and O–H groups in total. The second-order valence-electron chi connectivity index (χ2n) is 5.65. The highest BCUT2D eigenvalue weighted by molar-refractivity contribution is 8.05. The molecular weight excluding hydrogens is 304 g/mol. The molecule has 0 spiro atoms. The molecular formula is C12H17F2N3O3S. The van der Waals surface area contributed by atoms with Gasteiger partial charge in [-0.25, -0.2) is 17.2 Å². The van der Waals surface area contributed by atoms with Gasteiger partial charge in [0, 0.05) is 19.0 Å². The van der Waals surface area contributed by atoms with E-state index in [1.165, 1.54) is 14.0 Å². The van der Waals surface area contributed by atoms with E-state index < -0.39 is 27.6 Å². The molecule has 1 aromatic heterocycles. The third-order valence-corrected chi connectivity index (χ3v) is 4.87. The second-order valence-corrected chi connectivity index (χ2v) is 7.63. The van der Waals surface area contributed by atoms with E-state index >= 15 is 0 Å². The third-order valence-electron chi connectivity index (χ3n) is 3.27. The summed E-state index contributed by atoms with van der Waals surface area (Å²) in [4.78, 5) is 5.03. The second kappa shape index (κ2) is 5.04. The van der Waals surface area contributed by atoms with Gasteiger partial charge in [0.15, 0.2) is 14.9 Å². The Morgan fingerprint density at radius 2 is 2.05 bits per heavy atom. The number of hydrogen-bond donors (Lipinski definition) is 0. The van der Waals surface area contributed by atoms with Crippen molar-refractivity contribution in [1.29, 1.82) is 0 Å². The summed E-state index contributed by atoms with van der Waals surface area (Å²) < 4.78 is 51.8. The van der Waals surface area contributed by atoms with Crippen molar-refractivity contribution in [2.45, 2.75) is 45.0 Å². The maximum Gasteiger partial charge on any atom is 0.280 e. The summed E-state index contributed by atoms with van der Waals surface area (Å²) in [6, 6.07) is 0. The first-order valence-electron chi connectivity index (χ1n) is 6.32. The average Bonchev–Trinajstić information content (AvgIpc) is 2.80. The number of hydrogen-bond acceptors (Lipinski definition) is 5. The van der Waals surface area contributed by atoms with E-state index in [1.54, 1.807) is 13.8 Å². The first-order valence-corrected chi connectivity index (χ1v) is 7.97. The summed E-state index contributed by atoms with van der Waals surface area (Å²) in [6.07, 6.45) is -2.67. The predicted octanol–water partition coefficient (Wildman–Crippen LogP) is 2.09. The Morgan fingerprint density at radius 1 is 1.43 bits per heavy atom. The smallest absolute Gasteiger partial charge is 0.280 e. The van der Waals surface area contributed by atoms with Crippen molar-refractivity contribution in [2.24, 2.45) is 12.2 Å². The topological polar surface area (TPSA) is 73.5 Å². The number of oxime groups is 1. The minimum Gasteiger partial charge on any atom is -0.389 e. The maximum absolute atomic E-state index is 13.1. The first-order chi connectivity index (χ1) is 9.53. The van der Waals surface area contributed by atoms with Crippen LogP contribution in [0.5, 0.6) is 0 Å². The molecule has 0 aromatic carbocycles. The van der Waals surface area contributed by atoms with E-state index in [-0.39, 0.29) is 28.4 Å². The van der Waals surface area contributed by atoms with E-state index in [2.05, 4.69) is 10.3 Å². The molecule has 9 heteroatoms. The van der Waals surface area contributed by atoms with Crippen molar-refractivity contribution in [3.05, 3.63) is 17.0 Å². The van der Waals surface area contributed by atoms with Crippen LogP contribution in [0.4, 0.5) is 8.78 Å². The van der Waals surface area contributed by atoms with Gasteiger partial charge in [-0.1, -0.05) is 5.16 Å². The van der Waals surface area contributed by atoms with Gasteiger partial charge >= 0.3 is 0 Å². The zero-order chi connectivity index (χ0) is 16.0. The van der Waals surface area contributed by atoms with Crippen molar-refractivity contribution in [3.63, 3.8) is 0 Å². The number of sulfone groups is 1. The summed E-state index contributed by atoms with van der Waals surface area (Å²) in [5, 5.41) is 7.34. The Kier molecular flexibility index (Phi) is 3.81. The molecule has 0 saturated heterocycles. The first kappa shape index (κ1) is 15.9. The van der Waals surface area contributed by atoms with Crippen LogP contribution in [0.15, 0.2) is 5.16 Å². The fourth-order valence-electron chi connectivity index (χ4n) is 2.21. The van der Waals surface area contributed by atoms with E-state index in [1.807, 2.05) is 0 Å². The van der Waals surface area contributed by atoms with Gasteiger partial charge in [0.05, 0.1) is 11.4 Å². The molecule has 2 heterocycles. The molecule has 0 aliphatic carbocycles. The van der Waals surface area contributed by atoms with Crippen molar-refractivity contribution in [2.75, 3.05) is 0 Å². The lowest BCUT2D eigenvalue weighted by Gasteiger charge is -2.13. The molecule has 21 heavy (non-hydrogen) atoms. The molecule has 2 rings (SSSR count). The molecule has 0 atom stereocenters. The minimum absolute atomic E-state index is 0.0277. The van der Waals surface area contributed by atoms with Crippen molar-refractivity contribution in [1.82, 2.24) is 9.78 Å². The SMILES string of the molecule is Cc1nn(C)c(C(F)F)c1CS(=O)(=O)C1=NOC(C)(C)C1. The number of nitrogens with zero attached hydrogens (tertiary/aromatic N) is 3. The van der Waals surface area contributed by atoms with E-state index in [9.17, 15) is 17.2 Å². The van der Waals surface area contributed by atoms with E-state index in [0.29, 0.717) is 0 Å². The predicted molar refractivity (Wildman–Crippen MR) is 72.7 cm³/mol. The zero-order valence-corrected chi connectivity index (χ0v) is 13.0. The van der Waals surface area contributed by atoms with Crippen molar-refractivity contribution >= 4 is 14.9 Å². The summed E-state index contributed by atoms with van der Waals surface area (Å²) in [5.74, 6) is -0.551. The lowest BCUT2D eigenvalue weighted by Crippen LogP contribution is -2.23. The molecule has 6 nitrogen and oxygen atoms in total. The van der Waals surface area contributed by atoms with Crippen LogP contribution >= 0.6 is 0 Å². The molecule has 1 aliphatic heterocycles. The van der Waals surface area contributed by atoms with Crippen LogP contribution in [0.3, 0.4) is 0 Å². The Balaban J connectivity index is 2.35. The zero-order valence-electron chi connectivity index (χ0n) is 12.2. The average molecular weight is 321 g/mol. The highest BCUT2D eigenvalue weighted by Gasteiger charge is 2.37. The number of aromatic nitrogens is 2. The monoisotopic (exact) mass is 321 g/mol. The van der Waals surface area contributed by atoms with E-state index in [4.69, 9.17) is 4.84 Å². The van der Waals surface area contributed by atoms with Gasteiger partial charge in [-0.2, -0.15) is 5.10 Å². The maximum atomic E-state index is 13.1. The van der Waals surface area contributed by atoms with Crippen LogP contribution < -0.4 is 0 Å². The molecule has 0 radical (unpaired) electrons. The van der Waals surface area contributed by atoms with Gasteiger partial charge in [-0.3, -0.25) is 4.68 Å². The van der Waals surface area contributed by atoms with Gasteiger partial charge in [0.25, 0.3) is 6.43 Å². The molecule has 1 aliphatic rings. The Morgan fingerprint density at radius 3 is 2.52 bits per heavy atom. The van der Waals surface area contributed by atoms with Gasteiger partial charge in [0.1, 0.15) is 11.3 Å². The Labute approximate surface area is 121 Å². The standard InChI is InChI=1S/C12H17F2N3O3S/c1-7-8(10(11(13)14)17(4)15-7)6-21(18,19)9-5-12(2,3)20-16-9/h11H,5-6H2,1-4H3. The number of rotatable bonds is 3. The highest BCUT2D eigenvalue weighted by atomic mass is 32.2. The molecule has 0 saturated carbocycles. The van der Waals surface area contributed by atoms with E-state index in [0.717, 1.165) is 4.68 Å². The molecule has 0 fully saturated rings. The summed E-state index contributed by atoms with van der Waals surface area (Å²) in [6.45, 7) is 4.92. The van der Waals surface area contributed by atoms with Crippen molar-refractivity contribution in [3.8, 4) is 0 Å². The fraction of sp³-hybridized carbons (Fsp3) is 0.667. The number of aryl methyl sites for hydroxylation is 2. The fourth-order valence-corrected chi connectivity index (χ4v) is 3.84.